The predicted octanol–water partition coefficient (Wildman–Crippen LogP) is -3.06. The van der Waals surface area contributed by atoms with Gasteiger partial charge in [-0.15, -0.1) is 0 Å². The van der Waals surface area contributed by atoms with Crippen molar-refractivity contribution in [1.82, 2.24) is 9.80 Å². The normalized spacial score (nSPS) is 18.7. The summed E-state index contributed by atoms with van der Waals surface area (Å²) in [4.78, 5) is 22.7. The first-order valence-electron chi connectivity index (χ1n) is 5.68. The van der Waals surface area contributed by atoms with Gasteiger partial charge in [0.05, 0.1) is 26.4 Å². The summed E-state index contributed by atoms with van der Waals surface area (Å²) < 4.78 is 9.83. The van der Waals surface area contributed by atoms with Crippen molar-refractivity contribution in [3.63, 3.8) is 0 Å². The van der Waals surface area contributed by atoms with Crippen molar-refractivity contribution in [3.8, 4) is 0 Å². The summed E-state index contributed by atoms with van der Waals surface area (Å²) in [6.45, 7) is 3.76. The Balaban J connectivity index is 0.000000324. The van der Waals surface area contributed by atoms with E-state index in [-0.39, 0.29) is 37.7 Å². The zero-order valence-electron chi connectivity index (χ0n) is 10.7. The van der Waals surface area contributed by atoms with Gasteiger partial charge in [0.15, 0.2) is 0 Å². The fourth-order valence-electron chi connectivity index (χ4n) is 1.49. The Morgan fingerprint density at radius 3 is 1.16 bits per heavy atom. The minimum Gasteiger partial charge on any atom is -0.530 e. The van der Waals surface area contributed by atoms with Gasteiger partial charge in [-0.2, -0.15) is 0 Å². The monoisotopic (exact) mass is 300 g/mol. The van der Waals surface area contributed by atoms with Gasteiger partial charge in [-0.05, 0) is 0 Å². The van der Waals surface area contributed by atoms with Crippen LogP contribution in [0.1, 0.15) is 0 Å². The molecule has 2 saturated heterocycles. The maximum atomic E-state index is 10.1. The largest absolute Gasteiger partial charge is 2.00 e. The summed E-state index contributed by atoms with van der Waals surface area (Å²) in [7, 11) is 0. The van der Waals surface area contributed by atoms with Gasteiger partial charge in [0.25, 0.3) is 0 Å². The van der Waals surface area contributed by atoms with Gasteiger partial charge in [-0.3, -0.25) is 0 Å². The van der Waals surface area contributed by atoms with E-state index in [1.165, 1.54) is 9.80 Å². The van der Waals surface area contributed by atoms with Gasteiger partial charge in [0, 0.05) is 26.2 Å². The first-order chi connectivity index (χ1) is 8.61. The van der Waals surface area contributed by atoms with E-state index >= 15 is 0 Å². The van der Waals surface area contributed by atoms with E-state index in [0.717, 1.165) is 0 Å². The van der Waals surface area contributed by atoms with Crippen LogP contribution in [0.25, 0.3) is 0 Å². The summed E-state index contributed by atoms with van der Waals surface area (Å²) in [5.41, 5.74) is 0. The van der Waals surface area contributed by atoms with E-state index in [0.29, 0.717) is 52.6 Å². The van der Waals surface area contributed by atoms with E-state index in [9.17, 15) is 19.8 Å². The summed E-state index contributed by atoms with van der Waals surface area (Å²) in [5.74, 6) is 0. The number of rotatable bonds is 0. The quantitative estimate of drug-likeness (QED) is 0.440. The molecule has 0 N–H and O–H groups in total. The van der Waals surface area contributed by atoms with Crippen LogP contribution in [0.3, 0.4) is 0 Å². The number of carboxylic acid groups (broad SMARTS) is 2. The fraction of sp³-hybridized carbons (Fsp3) is 0.800. The first kappa shape index (κ1) is 18.7. The van der Waals surface area contributed by atoms with Crippen LogP contribution >= 0.6 is 0 Å². The Hall–Kier alpha value is -0.280. The molecule has 9 heteroatoms. The molecule has 2 fully saturated rings. The molecule has 2 aliphatic heterocycles. The number of carbonyl (C=O) groups excluding carboxylic acids is 2. The van der Waals surface area contributed by atoms with Crippen molar-refractivity contribution >= 4 is 49.9 Å². The number of carbonyl (C=O) groups is 2. The van der Waals surface area contributed by atoms with Gasteiger partial charge < -0.3 is 39.1 Å². The number of nitrogens with zero attached hydrogens (tertiary/aromatic N) is 2. The molecule has 0 bridgehead atoms. The number of ether oxygens (including phenoxy) is 2. The SMILES string of the molecule is O=C([O-])N1CCOCC1.O=C([O-])N1CCOCC1.[Ca+2]. The van der Waals surface area contributed by atoms with Crippen molar-refractivity contribution in [2.45, 2.75) is 0 Å². The molecule has 0 aromatic heterocycles. The third-order valence-electron chi connectivity index (χ3n) is 2.54. The van der Waals surface area contributed by atoms with Crippen molar-refractivity contribution in [1.29, 1.82) is 0 Å². The fourth-order valence-corrected chi connectivity index (χ4v) is 1.49. The van der Waals surface area contributed by atoms with E-state index < -0.39 is 12.2 Å². The van der Waals surface area contributed by atoms with Crippen LogP contribution in [0, 0.1) is 0 Å². The molecule has 0 aromatic rings. The molecule has 0 atom stereocenters. The van der Waals surface area contributed by atoms with Crippen LogP contribution in [0.15, 0.2) is 0 Å². The molecule has 2 amide bonds. The topological polar surface area (TPSA) is 105 Å². The molecular formula is C10H16CaN2O6. The summed E-state index contributed by atoms with van der Waals surface area (Å²) in [5, 5.41) is 20.2. The smallest absolute Gasteiger partial charge is 0.530 e. The molecule has 19 heavy (non-hydrogen) atoms. The Labute approximate surface area is 141 Å². The summed E-state index contributed by atoms with van der Waals surface area (Å²) in [6.07, 6.45) is -2.20. The first-order valence-corrected chi connectivity index (χ1v) is 5.68. The van der Waals surface area contributed by atoms with Gasteiger partial charge >= 0.3 is 37.7 Å². The number of hydrogen-bond donors (Lipinski definition) is 0. The third kappa shape index (κ3) is 7.78. The Morgan fingerprint density at radius 1 is 0.737 bits per heavy atom. The van der Waals surface area contributed by atoms with Gasteiger partial charge in [0.2, 0.25) is 0 Å². The second-order valence-electron chi connectivity index (χ2n) is 3.73. The van der Waals surface area contributed by atoms with E-state index in [1.807, 2.05) is 0 Å². The number of amides is 2. The molecule has 0 saturated carbocycles. The molecule has 2 aliphatic rings. The van der Waals surface area contributed by atoms with E-state index in [1.54, 1.807) is 0 Å². The average molecular weight is 300 g/mol. The molecule has 2 heterocycles. The Bertz CT molecular complexity index is 251. The number of morpholine rings is 2. The molecular weight excluding hydrogens is 284 g/mol. The van der Waals surface area contributed by atoms with Crippen LogP contribution < -0.4 is 10.2 Å². The molecule has 8 nitrogen and oxygen atoms in total. The standard InChI is InChI=1S/2C5H9NO3.Ca/c2*7-5(8)6-1-3-9-4-2-6;/h2*1-4H2,(H,7,8);/q;;+2/p-2. The zero-order chi connectivity index (χ0) is 13.4. The molecule has 104 valence electrons. The predicted molar refractivity (Wildman–Crippen MR) is 61.3 cm³/mol. The van der Waals surface area contributed by atoms with Gasteiger partial charge in [-0.25, -0.2) is 0 Å². The molecule has 0 unspecified atom stereocenters. The van der Waals surface area contributed by atoms with Crippen LogP contribution in [0.4, 0.5) is 9.59 Å². The maximum absolute atomic E-state index is 10.1. The van der Waals surface area contributed by atoms with Crippen LogP contribution in [-0.2, 0) is 9.47 Å². The van der Waals surface area contributed by atoms with E-state index in [2.05, 4.69) is 0 Å². The van der Waals surface area contributed by atoms with E-state index in [4.69, 9.17) is 9.47 Å². The maximum Gasteiger partial charge on any atom is 2.00 e. The molecule has 2 rings (SSSR count). The van der Waals surface area contributed by atoms with Crippen molar-refractivity contribution in [2.75, 3.05) is 52.6 Å². The molecule has 0 radical (unpaired) electrons. The molecule has 0 aliphatic carbocycles. The van der Waals surface area contributed by atoms with Crippen molar-refractivity contribution in [2.24, 2.45) is 0 Å². The third-order valence-corrected chi connectivity index (χ3v) is 2.54. The summed E-state index contributed by atoms with van der Waals surface area (Å²) >= 11 is 0. The zero-order valence-corrected chi connectivity index (χ0v) is 12.9. The Morgan fingerprint density at radius 2 is 1.00 bits per heavy atom. The molecule has 0 aromatic carbocycles. The number of hydrogen-bond acceptors (Lipinski definition) is 6. The van der Waals surface area contributed by atoms with Crippen molar-refractivity contribution < 1.29 is 29.3 Å². The van der Waals surface area contributed by atoms with Crippen LogP contribution in [0.2, 0.25) is 0 Å². The Kier molecular flexibility index (Phi) is 10.3. The van der Waals surface area contributed by atoms with Crippen molar-refractivity contribution in [3.05, 3.63) is 0 Å². The second-order valence-corrected chi connectivity index (χ2v) is 3.73. The van der Waals surface area contributed by atoms with Gasteiger partial charge in [-0.1, -0.05) is 0 Å². The molecule has 0 spiro atoms. The minimum absolute atomic E-state index is 0. The summed E-state index contributed by atoms with van der Waals surface area (Å²) in [6, 6.07) is 0. The minimum atomic E-state index is -1.10. The van der Waals surface area contributed by atoms with Crippen LogP contribution in [0.5, 0.6) is 0 Å². The average Bonchev–Trinajstić information content (AvgIpc) is 2.41. The van der Waals surface area contributed by atoms with Crippen LogP contribution in [-0.4, -0.2) is 112 Å². The second kappa shape index (κ2) is 10.5. The van der Waals surface area contributed by atoms with Gasteiger partial charge in [0.1, 0.15) is 12.2 Å².